The van der Waals surface area contributed by atoms with Crippen molar-refractivity contribution in [2.75, 3.05) is 45.7 Å². The first-order chi connectivity index (χ1) is 18.5. The minimum atomic E-state index is -4.71. The number of carbonyl (C=O) groups excluding carboxylic acids is 2. The van der Waals surface area contributed by atoms with Crippen LogP contribution >= 0.6 is 11.6 Å². The second-order valence-corrected chi connectivity index (χ2v) is 9.53. The van der Waals surface area contributed by atoms with Crippen LogP contribution in [0.3, 0.4) is 0 Å². The normalized spacial score (nSPS) is 14.6. The number of nitrogens with one attached hydrogen (secondary N) is 1. The number of anilines is 1. The smallest absolute Gasteiger partial charge is 0.404 e. The van der Waals surface area contributed by atoms with Gasteiger partial charge in [-0.3, -0.25) is 9.59 Å². The van der Waals surface area contributed by atoms with E-state index in [4.69, 9.17) is 16.3 Å². The summed E-state index contributed by atoms with van der Waals surface area (Å²) in [5.74, 6) is -2.12. The van der Waals surface area contributed by atoms with Gasteiger partial charge in [0.2, 0.25) is 5.91 Å². The largest absolute Gasteiger partial charge is 0.497 e. The molecular formula is C28H38ClF3N4O3. The highest BCUT2D eigenvalue weighted by Gasteiger charge is 2.47. The number of aromatic nitrogens is 1. The third kappa shape index (κ3) is 8.74. The fraction of sp³-hybridized carbons (Fsp3) is 0.536. The fourth-order valence-corrected chi connectivity index (χ4v) is 4.83. The van der Waals surface area contributed by atoms with Gasteiger partial charge in [0, 0.05) is 33.7 Å². The molecule has 216 valence electrons. The van der Waals surface area contributed by atoms with E-state index in [2.05, 4.69) is 15.2 Å². The van der Waals surface area contributed by atoms with Crippen molar-refractivity contribution in [1.82, 2.24) is 15.2 Å². The van der Waals surface area contributed by atoms with E-state index < -0.39 is 18.0 Å². The van der Waals surface area contributed by atoms with Gasteiger partial charge in [-0.1, -0.05) is 37.6 Å². The molecule has 7 nitrogen and oxygen atoms in total. The number of alkyl halides is 3. The zero-order valence-corrected chi connectivity index (χ0v) is 23.9. The van der Waals surface area contributed by atoms with Gasteiger partial charge in [0.25, 0.3) is 5.91 Å². The number of likely N-dealkylation sites (N-methyl/N-ethyl adjacent to an activating group) is 1. The van der Waals surface area contributed by atoms with E-state index in [1.165, 1.54) is 44.3 Å². The van der Waals surface area contributed by atoms with Crippen molar-refractivity contribution in [1.29, 1.82) is 0 Å². The van der Waals surface area contributed by atoms with Gasteiger partial charge in [-0.15, -0.1) is 0 Å². The number of amides is 2. The molecule has 2 aromatic rings. The topological polar surface area (TPSA) is 74.8 Å². The lowest BCUT2D eigenvalue weighted by atomic mass is 9.92. The molecule has 1 N–H and O–H groups in total. The molecule has 0 spiro atoms. The molecular weight excluding hydrogens is 533 g/mol. The number of benzene rings is 1. The van der Waals surface area contributed by atoms with Crippen LogP contribution in [0, 0.1) is 5.92 Å². The molecule has 1 saturated heterocycles. The van der Waals surface area contributed by atoms with Crippen LogP contribution in [-0.2, 0) is 4.79 Å². The molecule has 1 aliphatic rings. The first-order valence-corrected chi connectivity index (χ1v) is 13.5. The number of pyridine rings is 1. The number of ether oxygens (including phenoxy) is 1. The highest BCUT2D eigenvalue weighted by Crippen LogP contribution is 2.37. The summed E-state index contributed by atoms with van der Waals surface area (Å²) in [5.41, 5.74) is 0.189. The van der Waals surface area contributed by atoms with E-state index in [1.54, 1.807) is 18.2 Å². The van der Waals surface area contributed by atoms with E-state index >= 15 is 0 Å². The van der Waals surface area contributed by atoms with Gasteiger partial charge in [0.05, 0.1) is 12.7 Å². The summed E-state index contributed by atoms with van der Waals surface area (Å²) >= 11 is 6.17. The van der Waals surface area contributed by atoms with Crippen LogP contribution < -0.4 is 15.0 Å². The zero-order valence-electron chi connectivity index (χ0n) is 23.1. The Kier molecular flexibility index (Phi) is 12.3. The van der Waals surface area contributed by atoms with Gasteiger partial charge in [-0.05, 0) is 61.4 Å². The summed E-state index contributed by atoms with van der Waals surface area (Å²) in [4.78, 5) is 32.2. The molecule has 0 saturated carbocycles. The zero-order chi connectivity index (χ0) is 29.2. The van der Waals surface area contributed by atoms with Crippen molar-refractivity contribution < 1.29 is 27.5 Å². The molecule has 0 bridgehead atoms. The van der Waals surface area contributed by atoms with Crippen molar-refractivity contribution in [3.63, 3.8) is 0 Å². The summed E-state index contributed by atoms with van der Waals surface area (Å²) in [6.45, 7) is 5.76. The number of hydrogen-bond acceptors (Lipinski definition) is 5. The number of nitrogens with zero attached hydrogens (tertiary/aromatic N) is 3. The number of methoxy groups -OCH3 is 1. The number of rotatable bonds is 9. The van der Waals surface area contributed by atoms with E-state index in [-0.39, 0.29) is 28.9 Å². The molecule has 1 aromatic carbocycles. The molecule has 1 unspecified atom stereocenters. The second kappa shape index (κ2) is 15.0. The SMILES string of the molecule is CC.CNC(=O)c1ccc(N2CCC(CCCN(C)C(=O)C(c3cccc(OC)c3)C(F)(F)F)CC2)nc1Cl. The Morgan fingerprint density at radius 2 is 1.87 bits per heavy atom. The molecule has 1 aliphatic heterocycles. The minimum absolute atomic E-state index is 0.131. The number of halogens is 4. The summed E-state index contributed by atoms with van der Waals surface area (Å²) in [7, 11) is 4.32. The van der Waals surface area contributed by atoms with Crippen LogP contribution in [0.5, 0.6) is 5.75 Å². The molecule has 1 atom stereocenters. The quantitative estimate of drug-likeness (QED) is 0.378. The molecule has 3 rings (SSSR count). The Hall–Kier alpha value is -3.01. The standard InChI is InChI=1S/C26H32ClF3N4O3.C2H6/c1-31-24(35)20-9-10-21(32-23(20)27)34-14-11-17(12-15-34)6-5-13-33(2)25(36)22(26(28,29)30)18-7-4-8-19(16-18)37-3;1-2/h4,7-10,16-17,22H,5-6,11-15H2,1-3H3,(H,31,35);1-2H3. The number of piperidine rings is 1. The van der Waals surface area contributed by atoms with Gasteiger partial charge >= 0.3 is 6.18 Å². The third-order valence-electron chi connectivity index (χ3n) is 6.73. The van der Waals surface area contributed by atoms with E-state index in [0.717, 1.165) is 32.4 Å². The predicted molar refractivity (Wildman–Crippen MR) is 148 cm³/mol. The maximum Gasteiger partial charge on any atom is 0.404 e. The van der Waals surface area contributed by atoms with Gasteiger partial charge in [0.15, 0.2) is 5.92 Å². The summed E-state index contributed by atoms with van der Waals surface area (Å²) in [6, 6.07) is 8.98. The minimum Gasteiger partial charge on any atom is -0.497 e. The summed E-state index contributed by atoms with van der Waals surface area (Å²) in [5, 5.41) is 2.68. The lowest BCUT2D eigenvalue weighted by molar-refractivity contribution is -0.171. The van der Waals surface area contributed by atoms with E-state index in [9.17, 15) is 22.8 Å². The highest BCUT2D eigenvalue weighted by molar-refractivity contribution is 6.32. The summed E-state index contributed by atoms with van der Waals surface area (Å²) < 4.78 is 46.5. The highest BCUT2D eigenvalue weighted by atomic mass is 35.5. The van der Waals surface area contributed by atoms with E-state index in [1.807, 2.05) is 13.8 Å². The molecule has 2 heterocycles. The van der Waals surface area contributed by atoms with Crippen molar-refractivity contribution >= 4 is 29.2 Å². The maximum atomic E-state index is 13.8. The lowest BCUT2D eigenvalue weighted by Crippen LogP contribution is -2.39. The molecule has 0 radical (unpaired) electrons. The second-order valence-electron chi connectivity index (χ2n) is 9.17. The van der Waals surface area contributed by atoms with Gasteiger partial charge in [-0.25, -0.2) is 4.98 Å². The predicted octanol–water partition coefficient (Wildman–Crippen LogP) is 5.93. The fourth-order valence-electron chi connectivity index (χ4n) is 4.60. The van der Waals surface area contributed by atoms with Crippen LogP contribution in [0.25, 0.3) is 0 Å². The number of hydrogen-bond donors (Lipinski definition) is 1. The maximum absolute atomic E-state index is 13.8. The number of carbonyl (C=O) groups is 2. The van der Waals surface area contributed by atoms with Gasteiger partial charge in [-0.2, -0.15) is 13.2 Å². The first-order valence-electron chi connectivity index (χ1n) is 13.1. The first kappa shape index (κ1) is 32.2. The molecule has 39 heavy (non-hydrogen) atoms. The lowest BCUT2D eigenvalue weighted by Gasteiger charge is -2.33. The Morgan fingerprint density at radius 1 is 1.21 bits per heavy atom. The van der Waals surface area contributed by atoms with Gasteiger partial charge in [0.1, 0.15) is 16.7 Å². The average Bonchev–Trinajstić information content (AvgIpc) is 2.93. The molecule has 2 amide bonds. The van der Waals surface area contributed by atoms with Crippen molar-refractivity contribution in [2.24, 2.45) is 5.92 Å². The van der Waals surface area contributed by atoms with Crippen molar-refractivity contribution in [3.05, 3.63) is 52.7 Å². The third-order valence-corrected chi connectivity index (χ3v) is 7.02. The van der Waals surface area contributed by atoms with Crippen molar-refractivity contribution in [3.8, 4) is 5.75 Å². The summed E-state index contributed by atoms with van der Waals surface area (Å²) in [6.07, 6.45) is -1.50. The molecule has 0 aliphatic carbocycles. The average molecular weight is 571 g/mol. The molecule has 1 fully saturated rings. The molecule has 1 aromatic heterocycles. The molecule has 11 heteroatoms. The Labute approximate surface area is 233 Å². The monoisotopic (exact) mass is 570 g/mol. The van der Waals surface area contributed by atoms with Crippen LogP contribution in [-0.4, -0.2) is 68.7 Å². The van der Waals surface area contributed by atoms with Gasteiger partial charge < -0.3 is 19.9 Å². The van der Waals surface area contributed by atoms with Crippen LogP contribution in [0.15, 0.2) is 36.4 Å². The van der Waals surface area contributed by atoms with E-state index in [0.29, 0.717) is 23.7 Å². The Morgan fingerprint density at radius 3 is 2.44 bits per heavy atom. The van der Waals surface area contributed by atoms with Crippen LogP contribution in [0.2, 0.25) is 5.15 Å². The van der Waals surface area contributed by atoms with Crippen LogP contribution in [0.4, 0.5) is 19.0 Å². The van der Waals surface area contributed by atoms with Crippen LogP contribution in [0.1, 0.15) is 61.4 Å². The Bertz CT molecular complexity index is 1090. The van der Waals surface area contributed by atoms with Crippen molar-refractivity contribution in [2.45, 2.75) is 51.6 Å². The Balaban J connectivity index is 0.00000260.